The molecule has 0 fully saturated rings. The van der Waals surface area contributed by atoms with Gasteiger partial charge in [0, 0.05) is 30.5 Å². The van der Waals surface area contributed by atoms with Crippen molar-refractivity contribution in [3.8, 4) is 0 Å². The van der Waals surface area contributed by atoms with Crippen LogP contribution in [0.1, 0.15) is 38.8 Å². The molecule has 8 heteroatoms. The Kier molecular flexibility index (Phi) is 5.32. The van der Waals surface area contributed by atoms with Crippen molar-refractivity contribution in [3.05, 3.63) is 92.7 Å². The number of halogens is 5. The van der Waals surface area contributed by atoms with Crippen LogP contribution in [0.3, 0.4) is 0 Å². The van der Waals surface area contributed by atoms with Crippen LogP contribution in [-0.2, 0) is 12.7 Å². The first-order valence-corrected chi connectivity index (χ1v) is 10.0. The van der Waals surface area contributed by atoms with Crippen molar-refractivity contribution < 1.29 is 18.0 Å². The molecule has 4 rings (SSSR count). The van der Waals surface area contributed by atoms with Gasteiger partial charge in [0.15, 0.2) is 0 Å². The van der Waals surface area contributed by atoms with Gasteiger partial charge in [-0.2, -0.15) is 13.2 Å². The molecule has 1 aliphatic heterocycles. The summed E-state index contributed by atoms with van der Waals surface area (Å²) in [6.07, 6.45) is -2.62. The average Bonchev–Trinajstić information content (AvgIpc) is 3.17. The Morgan fingerprint density at radius 2 is 1.80 bits per heavy atom. The van der Waals surface area contributed by atoms with Crippen LogP contribution < -0.4 is 0 Å². The Labute approximate surface area is 181 Å². The molecule has 2 heterocycles. The van der Waals surface area contributed by atoms with Gasteiger partial charge in [0.1, 0.15) is 0 Å². The van der Waals surface area contributed by atoms with Gasteiger partial charge in [0.2, 0.25) is 0 Å². The minimum absolute atomic E-state index is 0.00186. The summed E-state index contributed by atoms with van der Waals surface area (Å²) in [6.45, 7) is 2.27. The number of alkyl halides is 3. The summed E-state index contributed by atoms with van der Waals surface area (Å²) in [5.74, 6) is -0.468. The fraction of sp³-hybridized carbons (Fsp3) is 0.227. The number of aromatic nitrogens is 1. The molecular weight excluding hydrogens is 436 g/mol. The molecule has 1 amide bonds. The zero-order chi connectivity index (χ0) is 21.6. The first-order chi connectivity index (χ1) is 14.2. The Bertz CT molecular complexity index is 1120. The van der Waals surface area contributed by atoms with Crippen LogP contribution in [0.4, 0.5) is 13.2 Å². The van der Waals surface area contributed by atoms with E-state index in [0.717, 1.165) is 17.3 Å². The number of rotatable bonds is 2. The monoisotopic (exact) mass is 452 g/mol. The van der Waals surface area contributed by atoms with Crippen LogP contribution >= 0.6 is 23.2 Å². The van der Waals surface area contributed by atoms with Gasteiger partial charge in [0.05, 0.1) is 21.7 Å². The topological polar surface area (TPSA) is 25.2 Å². The summed E-state index contributed by atoms with van der Waals surface area (Å²) in [5.41, 5.74) is 0.863. The van der Waals surface area contributed by atoms with E-state index in [2.05, 4.69) is 0 Å². The summed E-state index contributed by atoms with van der Waals surface area (Å²) in [5, 5.41) is 0.734. The fourth-order valence-corrected chi connectivity index (χ4v) is 4.17. The Morgan fingerprint density at radius 1 is 1.03 bits per heavy atom. The quantitative estimate of drug-likeness (QED) is 0.443. The number of nitrogens with zero attached hydrogens (tertiary/aromatic N) is 2. The maximum atomic E-state index is 13.4. The summed E-state index contributed by atoms with van der Waals surface area (Å²) < 4.78 is 42.1. The van der Waals surface area contributed by atoms with Crippen molar-refractivity contribution in [3.63, 3.8) is 0 Å². The van der Waals surface area contributed by atoms with E-state index in [0.29, 0.717) is 23.1 Å². The Morgan fingerprint density at radius 3 is 2.50 bits per heavy atom. The van der Waals surface area contributed by atoms with Gasteiger partial charge in [-0.25, -0.2) is 0 Å². The maximum Gasteiger partial charge on any atom is 0.416 e. The number of aryl methyl sites for hydroxylation is 1. The van der Waals surface area contributed by atoms with E-state index >= 15 is 0 Å². The van der Waals surface area contributed by atoms with Crippen molar-refractivity contribution in [1.29, 1.82) is 0 Å². The van der Waals surface area contributed by atoms with Crippen LogP contribution in [0.15, 0.2) is 54.7 Å². The normalized spacial score (nSPS) is 16.5. The molecule has 0 saturated carbocycles. The molecule has 0 N–H and O–H groups in total. The van der Waals surface area contributed by atoms with E-state index in [1.807, 2.05) is 22.9 Å². The molecule has 2 aromatic carbocycles. The third kappa shape index (κ3) is 3.70. The zero-order valence-corrected chi connectivity index (χ0v) is 17.4. The van der Waals surface area contributed by atoms with Gasteiger partial charge in [-0.3, -0.25) is 4.79 Å². The van der Waals surface area contributed by atoms with E-state index in [9.17, 15) is 18.0 Å². The summed E-state index contributed by atoms with van der Waals surface area (Å²) >= 11 is 12.2. The van der Waals surface area contributed by atoms with E-state index < -0.39 is 23.7 Å². The lowest BCUT2D eigenvalue weighted by Crippen LogP contribution is -2.42. The van der Waals surface area contributed by atoms with Crippen LogP contribution in [0.5, 0.6) is 0 Å². The van der Waals surface area contributed by atoms with E-state index in [1.54, 1.807) is 23.1 Å². The molecule has 3 aromatic rings. The molecule has 156 valence electrons. The summed E-state index contributed by atoms with van der Waals surface area (Å²) in [4.78, 5) is 14.9. The predicted octanol–water partition coefficient (Wildman–Crippen LogP) is 6.37. The molecule has 0 unspecified atom stereocenters. The SMILES string of the molecule is Cc1ccc(C(=O)N2CCn3cccc3[C@H]2c2ccc(Cl)c(Cl)c2)cc1C(F)(F)F. The number of hydrogen-bond donors (Lipinski definition) is 0. The molecule has 1 aliphatic rings. The number of benzene rings is 2. The molecular formula is C22H17Cl2F3N2O. The average molecular weight is 453 g/mol. The highest BCUT2D eigenvalue weighted by Crippen LogP contribution is 2.37. The zero-order valence-electron chi connectivity index (χ0n) is 15.9. The van der Waals surface area contributed by atoms with E-state index in [-0.39, 0.29) is 11.1 Å². The van der Waals surface area contributed by atoms with Crippen molar-refractivity contribution >= 4 is 29.1 Å². The van der Waals surface area contributed by atoms with Gasteiger partial charge >= 0.3 is 6.18 Å². The van der Waals surface area contributed by atoms with Crippen molar-refractivity contribution in [1.82, 2.24) is 9.47 Å². The number of hydrogen-bond acceptors (Lipinski definition) is 1. The van der Waals surface area contributed by atoms with Crippen molar-refractivity contribution in [2.45, 2.75) is 25.7 Å². The molecule has 1 aromatic heterocycles. The lowest BCUT2D eigenvalue weighted by Gasteiger charge is -2.37. The second kappa shape index (κ2) is 7.67. The highest BCUT2D eigenvalue weighted by Gasteiger charge is 2.36. The summed E-state index contributed by atoms with van der Waals surface area (Å²) in [7, 11) is 0. The first-order valence-electron chi connectivity index (χ1n) is 9.25. The van der Waals surface area contributed by atoms with Crippen LogP contribution in [-0.4, -0.2) is 21.9 Å². The third-order valence-electron chi connectivity index (χ3n) is 5.35. The fourth-order valence-electron chi connectivity index (χ4n) is 3.86. The standard InChI is InChI=1S/C22H17Cl2F3N2O/c1-13-4-5-15(11-16(13)22(25,26)27)21(30)29-10-9-28-8-2-3-19(28)20(29)14-6-7-17(23)18(24)12-14/h2-8,11-12,20H,9-10H2,1H3/t20-/m1/s1. The maximum absolute atomic E-state index is 13.4. The number of carbonyl (C=O) groups excluding carboxylic acids is 1. The summed E-state index contributed by atoms with van der Waals surface area (Å²) in [6, 6.07) is 12.1. The molecule has 0 spiro atoms. The first kappa shape index (κ1) is 20.8. The highest BCUT2D eigenvalue weighted by atomic mass is 35.5. The number of amides is 1. The van der Waals surface area contributed by atoms with Gasteiger partial charge in [-0.1, -0.05) is 35.3 Å². The second-order valence-corrected chi connectivity index (χ2v) is 8.04. The van der Waals surface area contributed by atoms with Gasteiger partial charge in [-0.05, 0) is 54.4 Å². The minimum atomic E-state index is -4.53. The largest absolute Gasteiger partial charge is 0.416 e. The molecule has 0 radical (unpaired) electrons. The van der Waals surface area contributed by atoms with Gasteiger partial charge in [0.25, 0.3) is 5.91 Å². The smallest absolute Gasteiger partial charge is 0.348 e. The van der Waals surface area contributed by atoms with E-state index in [1.165, 1.54) is 19.1 Å². The Balaban J connectivity index is 1.79. The molecule has 3 nitrogen and oxygen atoms in total. The Hall–Kier alpha value is -2.44. The third-order valence-corrected chi connectivity index (χ3v) is 6.09. The van der Waals surface area contributed by atoms with Gasteiger partial charge < -0.3 is 9.47 Å². The molecule has 0 saturated heterocycles. The van der Waals surface area contributed by atoms with Crippen LogP contribution in [0.2, 0.25) is 10.0 Å². The second-order valence-electron chi connectivity index (χ2n) is 7.23. The lowest BCUT2D eigenvalue weighted by atomic mass is 9.97. The van der Waals surface area contributed by atoms with E-state index in [4.69, 9.17) is 23.2 Å². The predicted molar refractivity (Wildman–Crippen MR) is 110 cm³/mol. The lowest BCUT2D eigenvalue weighted by molar-refractivity contribution is -0.138. The molecule has 0 bridgehead atoms. The molecule has 0 aliphatic carbocycles. The number of fused-ring (bicyclic) bond motifs is 1. The highest BCUT2D eigenvalue weighted by molar-refractivity contribution is 6.42. The minimum Gasteiger partial charge on any atom is -0.348 e. The van der Waals surface area contributed by atoms with Gasteiger partial charge in [-0.15, -0.1) is 0 Å². The van der Waals surface area contributed by atoms with Crippen LogP contribution in [0.25, 0.3) is 0 Å². The molecule has 1 atom stereocenters. The van der Waals surface area contributed by atoms with Crippen LogP contribution in [0, 0.1) is 6.92 Å². The van der Waals surface area contributed by atoms with Crippen molar-refractivity contribution in [2.75, 3.05) is 6.54 Å². The molecule has 30 heavy (non-hydrogen) atoms. The van der Waals surface area contributed by atoms with Crippen molar-refractivity contribution in [2.24, 2.45) is 0 Å². The number of carbonyl (C=O) groups is 1.